The number of benzene rings is 2. The van der Waals surface area contributed by atoms with Crippen LogP contribution in [0.3, 0.4) is 0 Å². The highest BCUT2D eigenvalue weighted by Gasteiger charge is 2.09. The Hall–Kier alpha value is -2.56. The summed E-state index contributed by atoms with van der Waals surface area (Å²) in [5, 5.41) is 8.86. The molecule has 0 spiro atoms. The van der Waals surface area contributed by atoms with E-state index in [-0.39, 0.29) is 5.82 Å². The van der Waals surface area contributed by atoms with Gasteiger partial charge >= 0.3 is 6.09 Å². The molecule has 0 aliphatic rings. The lowest BCUT2D eigenvalue weighted by Gasteiger charge is -2.14. The Morgan fingerprint density at radius 3 is 2.42 bits per heavy atom. The largest absolute Gasteiger partial charge is 0.465 e. The zero-order chi connectivity index (χ0) is 14.0. The fraction of sp³-hybridized carbons (Fsp3) is 0.0714. The Balaban J connectivity index is 2.37. The van der Waals surface area contributed by atoms with Gasteiger partial charge in [0.05, 0.1) is 0 Å². The quantitative estimate of drug-likeness (QED) is 0.815. The SMILES string of the molecule is CN(C(=O)O)c1ccc(-c2cc(F)ccc2N)cc1. The van der Waals surface area contributed by atoms with Crippen LogP contribution in [-0.4, -0.2) is 18.2 Å². The summed E-state index contributed by atoms with van der Waals surface area (Å²) in [4.78, 5) is 11.9. The second kappa shape index (κ2) is 4.97. The van der Waals surface area contributed by atoms with Crippen LogP contribution in [0.15, 0.2) is 42.5 Å². The molecule has 0 unspecified atom stereocenters. The molecular formula is C14H13FN2O2. The third-order valence-corrected chi connectivity index (χ3v) is 2.87. The highest BCUT2D eigenvalue weighted by atomic mass is 19.1. The summed E-state index contributed by atoms with van der Waals surface area (Å²) in [5.41, 5.74) is 8.13. The Morgan fingerprint density at radius 1 is 1.21 bits per heavy atom. The number of amides is 1. The average Bonchev–Trinajstić information content (AvgIpc) is 2.41. The zero-order valence-corrected chi connectivity index (χ0v) is 10.3. The lowest BCUT2D eigenvalue weighted by atomic mass is 10.0. The number of nitrogens with zero attached hydrogens (tertiary/aromatic N) is 1. The number of rotatable bonds is 2. The summed E-state index contributed by atoms with van der Waals surface area (Å²) in [6.45, 7) is 0. The predicted molar refractivity (Wildman–Crippen MR) is 72.7 cm³/mol. The summed E-state index contributed by atoms with van der Waals surface area (Å²) in [6, 6.07) is 10.9. The van der Waals surface area contributed by atoms with Gasteiger partial charge in [0.25, 0.3) is 0 Å². The molecule has 4 nitrogen and oxygen atoms in total. The van der Waals surface area contributed by atoms with Crippen molar-refractivity contribution >= 4 is 17.5 Å². The summed E-state index contributed by atoms with van der Waals surface area (Å²) < 4.78 is 13.2. The Labute approximate surface area is 109 Å². The molecule has 1 amide bonds. The zero-order valence-electron chi connectivity index (χ0n) is 10.3. The third kappa shape index (κ3) is 2.65. The maximum absolute atomic E-state index is 13.2. The fourth-order valence-corrected chi connectivity index (χ4v) is 1.75. The first kappa shape index (κ1) is 12.9. The topological polar surface area (TPSA) is 66.6 Å². The third-order valence-electron chi connectivity index (χ3n) is 2.87. The van der Waals surface area contributed by atoms with Crippen LogP contribution < -0.4 is 10.6 Å². The molecule has 0 heterocycles. The Bertz CT molecular complexity index is 611. The van der Waals surface area contributed by atoms with Gasteiger partial charge in [-0.15, -0.1) is 0 Å². The predicted octanol–water partition coefficient (Wildman–Crippen LogP) is 3.19. The van der Waals surface area contributed by atoms with Crippen LogP contribution in [0.5, 0.6) is 0 Å². The van der Waals surface area contributed by atoms with Gasteiger partial charge in [-0.25, -0.2) is 9.18 Å². The second-order valence-electron chi connectivity index (χ2n) is 4.12. The molecule has 0 aromatic heterocycles. The number of nitrogen functional groups attached to an aromatic ring is 1. The minimum atomic E-state index is -1.04. The number of nitrogens with two attached hydrogens (primary N) is 1. The van der Waals surface area contributed by atoms with Gasteiger partial charge in [-0.3, -0.25) is 4.90 Å². The molecule has 5 heteroatoms. The molecule has 19 heavy (non-hydrogen) atoms. The summed E-state index contributed by atoms with van der Waals surface area (Å²) >= 11 is 0. The molecule has 0 saturated carbocycles. The first-order valence-electron chi connectivity index (χ1n) is 5.61. The molecule has 0 fully saturated rings. The standard InChI is InChI=1S/C14H13FN2O2/c1-17(14(18)19)11-5-2-9(3-6-11)12-8-10(15)4-7-13(12)16/h2-8H,16H2,1H3,(H,18,19). The lowest BCUT2D eigenvalue weighted by molar-refractivity contribution is 0.203. The first-order chi connectivity index (χ1) is 8.99. The molecular weight excluding hydrogens is 247 g/mol. The van der Waals surface area contributed by atoms with Gasteiger partial charge in [0, 0.05) is 24.0 Å². The van der Waals surface area contributed by atoms with Gasteiger partial charge < -0.3 is 10.8 Å². The van der Waals surface area contributed by atoms with Gasteiger partial charge in [0.2, 0.25) is 0 Å². The number of anilines is 2. The molecule has 0 aliphatic carbocycles. The van der Waals surface area contributed by atoms with Crippen molar-refractivity contribution in [2.75, 3.05) is 17.7 Å². The smallest absolute Gasteiger partial charge is 0.411 e. The van der Waals surface area contributed by atoms with E-state index < -0.39 is 6.09 Å². The summed E-state index contributed by atoms with van der Waals surface area (Å²) in [7, 11) is 1.45. The van der Waals surface area contributed by atoms with Crippen molar-refractivity contribution in [1.29, 1.82) is 0 Å². The van der Waals surface area contributed by atoms with Crippen molar-refractivity contribution in [1.82, 2.24) is 0 Å². The van der Waals surface area contributed by atoms with Crippen molar-refractivity contribution in [3.63, 3.8) is 0 Å². The van der Waals surface area contributed by atoms with Crippen LogP contribution in [0.2, 0.25) is 0 Å². The van der Waals surface area contributed by atoms with Gasteiger partial charge in [0.15, 0.2) is 0 Å². The fourth-order valence-electron chi connectivity index (χ4n) is 1.75. The molecule has 98 valence electrons. The second-order valence-corrected chi connectivity index (χ2v) is 4.12. The van der Waals surface area contributed by atoms with Crippen molar-refractivity contribution < 1.29 is 14.3 Å². The van der Waals surface area contributed by atoms with Gasteiger partial charge in [0.1, 0.15) is 5.82 Å². The van der Waals surface area contributed by atoms with Crippen molar-refractivity contribution in [2.24, 2.45) is 0 Å². The van der Waals surface area contributed by atoms with Crippen LogP contribution in [-0.2, 0) is 0 Å². The van der Waals surface area contributed by atoms with Crippen LogP contribution >= 0.6 is 0 Å². The van der Waals surface area contributed by atoms with Crippen LogP contribution in [0, 0.1) is 5.82 Å². The summed E-state index contributed by atoms with van der Waals surface area (Å²) in [5.74, 6) is -0.365. The van der Waals surface area contributed by atoms with E-state index in [1.807, 2.05) is 0 Å². The maximum Gasteiger partial charge on any atom is 0.411 e. The monoisotopic (exact) mass is 260 g/mol. The molecule has 0 saturated heterocycles. The molecule has 3 N–H and O–H groups in total. The van der Waals surface area contributed by atoms with Crippen LogP contribution in [0.25, 0.3) is 11.1 Å². The molecule has 0 radical (unpaired) electrons. The van der Waals surface area contributed by atoms with Crippen molar-refractivity contribution in [3.05, 3.63) is 48.3 Å². The van der Waals surface area contributed by atoms with E-state index in [4.69, 9.17) is 10.8 Å². The molecule has 2 aromatic carbocycles. The van der Waals surface area contributed by atoms with Gasteiger partial charge in [-0.1, -0.05) is 12.1 Å². The summed E-state index contributed by atoms with van der Waals surface area (Å²) in [6.07, 6.45) is -1.04. The normalized spacial score (nSPS) is 10.2. The van der Waals surface area contributed by atoms with E-state index in [1.54, 1.807) is 24.3 Å². The van der Waals surface area contributed by atoms with E-state index in [0.29, 0.717) is 16.9 Å². The maximum atomic E-state index is 13.2. The molecule has 2 rings (SSSR count). The number of halogens is 1. The first-order valence-corrected chi connectivity index (χ1v) is 5.61. The number of carboxylic acid groups (broad SMARTS) is 1. The van der Waals surface area contributed by atoms with Crippen LogP contribution in [0.4, 0.5) is 20.6 Å². The molecule has 2 aromatic rings. The van der Waals surface area contributed by atoms with Crippen molar-refractivity contribution in [2.45, 2.75) is 0 Å². The lowest BCUT2D eigenvalue weighted by Crippen LogP contribution is -2.23. The highest BCUT2D eigenvalue weighted by Crippen LogP contribution is 2.28. The Morgan fingerprint density at radius 2 is 1.84 bits per heavy atom. The van der Waals surface area contributed by atoms with E-state index >= 15 is 0 Å². The van der Waals surface area contributed by atoms with E-state index in [1.165, 1.54) is 25.2 Å². The van der Waals surface area contributed by atoms with Gasteiger partial charge in [-0.05, 0) is 35.9 Å². The van der Waals surface area contributed by atoms with E-state index in [2.05, 4.69) is 0 Å². The van der Waals surface area contributed by atoms with E-state index in [0.717, 1.165) is 10.5 Å². The van der Waals surface area contributed by atoms with Crippen molar-refractivity contribution in [3.8, 4) is 11.1 Å². The number of carbonyl (C=O) groups is 1. The average molecular weight is 260 g/mol. The van der Waals surface area contributed by atoms with Gasteiger partial charge in [-0.2, -0.15) is 0 Å². The minimum absolute atomic E-state index is 0.365. The Kier molecular flexibility index (Phi) is 3.37. The minimum Gasteiger partial charge on any atom is -0.465 e. The molecule has 0 aliphatic heterocycles. The highest BCUT2D eigenvalue weighted by molar-refractivity contribution is 5.86. The number of hydrogen-bond donors (Lipinski definition) is 2. The number of hydrogen-bond acceptors (Lipinski definition) is 2. The van der Waals surface area contributed by atoms with E-state index in [9.17, 15) is 9.18 Å². The van der Waals surface area contributed by atoms with Crippen LogP contribution in [0.1, 0.15) is 0 Å². The molecule has 0 bridgehead atoms. The molecule has 0 atom stereocenters.